The quantitative estimate of drug-likeness (QED) is 0.0949. The molecule has 0 radical (unpaired) electrons. The molecule has 1 heterocycles. The molecule has 0 amide bonds. The first kappa shape index (κ1) is 36.9. The second-order valence-electron chi connectivity index (χ2n) is 10.9. The van der Waals surface area contributed by atoms with Gasteiger partial charge >= 0.3 is 17.6 Å². The van der Waals surface area contributed by atoms with Gasteiger partial charge in [0, 0.05) is 36.0 Å². The molecule has 3 rings (SSSR count). The Kier molecular flexibility index (Phi) is 13.4. The number of benzene rings is 2. The Hall–Kier alpha value is -5.53. The molecule has 0 aliphatic carbocycles. The fourth-order valence-electron chi connectivity index (χ4n) is 4.89. The second-order valence-corrected chi connectivity index (χ2v) is 10.9. The standard InChI is InChI=1S/C32H37N5O11/c1-19(2)48-32(40)28-20(3)35-24(16-33)30(31(39)45-4)29(28)23-15-21(36(41)42)11-12-26(23)46-14-8-7-13-34-17-22(38)18-47-27-10-6-5-9-25(27)37(43)44/h5-6,9-12,15,19,22,29,34-35,38H,7-8,13-14,17-18H2,1-4H3. The van der Waals surface area contributed by atoms with E-state index in [2.05, 4.69) is 10.6 Å². The molecule has 0 fully saturated rings. The van der Waals surface area contributed by atoms with Gasteiger partial charge in [0.1, 0.15) is 30.2 Å². The number of nitro groups is 2. The normalized spacial score (nSPS) is 14.9. The number of carbonyl (C=O) groups is 2. The van der Waals surface area contributed by atoms with Gasteiger partial charge in [-0.15, -0.1) is 0 Å². The molecule has 1 aliphatic rings. The van der Waals surface area contributed by atoms with Crippen LogP contribution in [0.25, 0.3) is 0 Å². The lowest BCUT2D eigenvalue weighted by atomic mass is 9.79. The summed E-state index contributed by atoms with van der Waals surface area (Å²) < 4.78 is 21.8. The Morgan fingerprint density at radius 2 is 1.77 bits per heavy atom. The number of aliphatic hydroxyl groups excluding tert-OH is 1. The van der Waals surface area contributed by atoms with Crippen LogP contribution < -0.4 is 20.1 Å². The number of nitrogens with one attached hydrogen (secondary N) is 2. The first-order chi connectivity index (χ1) is 22.9. The average Bonchev–Trinajstić information content (AvgIpc) is 3.05. The summed E-state index contributed by atoms with van der Waals surface area (Å²) in [6, 6.07) is 11.6. The van der Waals surface area contributed by atoms with Crippen molar-refractivity contribution in [1.29, 1.82) is 5.26 Å². The summed E-state index contributed by atoms with van der Waals surface area (Å²) in [7, 11) is 1.11. The van der Waals surface area contributed by atoms with Gasteiger partial charge in [-0.05, 0) is 52.3 Å². The minimum absolute atomic E-state index is 0.0398. The fourth-order valence-corrected chi connectivity index (χ4v) is 4.89. The van der Waals surface area contributed by atoms with E-state index in [9.17, 15) is 40.2 Å². The molecule has 0 aromatic heterocycles. The van der Waals surface area contributed by atoms with E-state index in [1.807, 2.05) is 6.07 Å². The molecule has 256 valence electrons. The zero-order chi connectivity index (χ0) is 35.4. The number of para-hydroxylation sites is 2. The first-order valence-corrected chi connectivity index (χ1v) is 15.0. The molecular formula is C32H37N5O11. The van der Waals surface area contributed by atoms with Crippen LogP contribution in [-0.2, 0) is 19.1 Å². The van der Waals surface area contributed by atoms with Gasteiger partial charge in [-0.1, -0.05) is 12.1 Å². The van der Waals surface area contributed by atoms with Gasteiger partial charge in [0.15, 0.2) is 5.75 Å². The molecule has 0 saturated carbocycles. The molecule has 0 spiro atoms. The van der Waals surface area contributed by atoms with Crippen molar-refractivity contribution in [2.75, 3.05) is 33.4 Å². The minimum atomic E-state index is -1.29. The molecule has 16 nitrogen and oxygen atoms in total. The maximum absolute atomic E-state index is 13.3. The second kappa shape index (κ2) is 17.4. The number of nitro benzene ring substituents is 2. The number of non-ortho nitro benzene ring substituents is 1. The molecule has 16 heteroatoms. The molecular weight excluding hydrogens is 630 g/mol. The highest BCUT2D eigenvalue weighted by atomic mass is 16.6. The summed E-state index contributed by atoms with van der Waals surface area (Å²) in [6.45, 7) is 5.42. The maximum Gasteiger partial charge on any atom is 0.337 e. The minimum Gasteiger partial charge on any atom is -0.493 e. The number of allylic oxidation sites excluding steroid dienone is 2. The monoisotopic (exact) mass is 667 g/mol. The first-order valence-electron chi connectivity index (χ1n) is 15.0. The van der Waals surface area contributed by atoms with E-state index in [0.717, 1.165) is 7.11 Å². The van der Waals surface area contributed by atoms with E-state index in [4.69, 9.17) is 18.9 Å². The van der Waals surface area contributed by atoms with Crippen molar-refractivity contribution in [2.45, 2.75) is 51.7 Å². The number of nitrogens with zero attached hydrogens (tertiary/aromatic N) is 3. The lowest BCUT2D eigenvalue weighted by molar-refractivity contribution is -0.385. The Labute approximate surface area is 276 Å². The number of hydrogen-bond donors (Lipinski definition) is 3. The molecule has 2 atom stereocenters. The number of dihydropyridines is 1. The van der Waals surface area contributed by atoms with E-state index in [0.29, 0.717) is 19.4 Å². The van der Waals surface area contributed by atoms with Gasteiger partial charge in [-0.3, -0.25) is 20.2 Å². The molecule has 3 N–H and O–H groups in total. The highest BCUT2D eigenvalue weighted by Gasteiger charge is 2.41. The Morgan fingerprint density at radius 3 is 2.42 bits per heavy atom. The lowest BCUT2D eigenvalue weighted by Gasteiger charge is -2.30. The van der Waals surface area contributed by atoms with Gasteiger partial charge in [-0.2, -0.15) is 5.26 Å². The number of nitriles is 1. The number of carbonyl (C=O) groups excluding carboxylic acids is 2. The van der Waals surface area contributed by atoms with E-state index in [-0.39, 0.29) is 70.7 Å². The third kappa shape index (κ3) is 9.50. The van der Waals surface area contributed by atoms with Crippen LogP contribution in [0.15, 0.2) is 65.0 Å². The lowest BCUT2D eigenvalue weighted by Crippen LogP contribution is -2.33. The molecule has 0 saturated heterocycles. The predicted molar refractivity (Wildman–Crippen MR) is 170 cm³/mol. The van der Waals surface area contributed by atoms with Crippen molar-refractivity contribution in [1.82, 2.24) is 10.6 Å². The topological polar surface area (TPSA) is 225 Å². The van der Waals surface area contributed by atoms with Crippen molar-refractivity contribution in [3.8, 4) is 17.6 Å². The van der Waals surface area contributed by atoms with Crippen LogP contribution >= 0.6 is 0 Å². The highest BCUT2D eigenvalue weighted by Crippen LogP contribution is 2.44. The van der Waals surface area contributed by atoms with Gasteiger partial charge in [0.2, 0.25) is 0 Å². The summed E-state index contributed by atoms with van der Waals surface area (Å²) in [6.07, 6.45) is -0.380. The summed E-state index contributed by atoms with van der Waals surface area (Å²) in [5.74, 6) is -2.82. The highest BCUT2D eigenvalue weighted by molar-refractivity contribution is 6.00. The third-order valence-corrected chi connectivity index (χ3v) is 7.04. The number of esters is 2. The molecule has 48 heavy (non-hydrogen) atoms. The number of ether oxygens (including phenoxy) is 4. The zero-order valence-corrected chi connectivity index (χ0v) is 26.9. The molecule has 2 aromatic carbocycles. The van der Waals surface area contributed by atoms with Crippen LogP contribution in [0.2, 0.25) is 0 Å². The van der Waals surface area contributed by atoms with E-state index in [1.54, 1.807) is 19.9 Å². The van der Waals surface area contributed by atoms with E-state index >= 15 is 0 Å². The van der Waals surface area contributed by atoms with Gasteiger partial charge in [0.25, 0.3) is 5.69 Å². The third-order valence-electron chi connectivity index (χ3n) is 7.04. The van der Waals surface area contributed by atoms with Crippen LogP contribution in [0.5, 0.6) is 11.5 Å². The predicted octanol–water partition coefficient (Wildman–Crippen LogP) is 3.55. The van der Waals surface area contributed by atoms with Crippen LogP contribution in [-0.4, -0.2) is 72.5 Å². The molecule has 2 unspecified atom stereocenters. The molecule has 1 aliphatic heterocycles. The number of methoxy groups -OCH3 is 1. The van der Waals surface area contributed by atoms with Crippen molar-refractivity contribution in [3.05, 3.63) is 90.8 Å². The Morgan fingerprint density at radius 1 is 1.04 bits per heavy atom. The van der Waals surface area contributed by atoms with Crippen LogP contribution in [0.4, 0.5) is 11.4 Å². The summed E-state index contributed by atoms with van der Waals surface area (Å²) in [4.78, 5) is 48.1. The largest absolute Gasteiger partial charge is 0.493 e. The number of aliphatic hydroxyl groups is 1. The van der Waals surface area contributed by atoms with Gasteiger partial charge in [0.05, 0.1) is 46.7 Å². The van der Waals surface area contributed by atoms with Crippen molar-refractivity contribution in [2.24, 2.45) is 0 Å². The van der Waals surface area contributed by atoms with Gasteiger partial charge < -0.3 is 34.7 Å². The smallest absolute Gasteiger partial charge is 0.337 e. The molecule has 0 bridgehead atoms. The van der Waals surface area contributed by atoms with Crippen molar-refractivity contribution >= 4 is 23.3 Å². The fraction of sp³-hybridized carbons (Fsp3) is 0.406. The van der Waals surface area contributed by atoms with Crippen molar-refractivity contribution < 1.29 is 43.5 Å². The van der Waals surface area contributed by atoms with Crippen LogP contribution in [0.3, 0.4) is 0 Å². The van der Waals surface area contributed by atoms with E-state index in [1.165, 1.54) is 43.3 Å². The SMILES string of the molecule is COC(=O)C1=C(C#N)NC(C)=C(C(=O)OC(C)C)C1c1cc([N+](=O)[O-])ccc1OCCCCNCC(O)COc1ccccc1[N+](=O)[O-]. The summed E-state index contributed by atoms with van der Waals surface area (Å²) in [5.41, 5.74) is -0.691. The van der Waals surface area contributed by atoms with E-state index < -0.39 is 39.9 Å². The number of hydrogen-bond acceptors (Lipinski definition) is 14. The summed E-state index contributed by atoms with van der Waals surface area (Å²) >= 11 is 0. The van der Waals surface area contributed by atoms with Crippen LogP contribution in [0.1, 0.15) is 45.1 Å². The zero-order valence-electron chi connectivity index (χ0n) is 26.9. The number of rotatable bonds is 17. The molecule has 2 aromatic rings. The summed E-state index contributed by atoms with van der Waals surface area (Å²) in [5, 5.41) is 48.8. The Balaban J connectivity index is 1.72. The van der Waals surface area contributed by atoms with Gasteiger partial charge in [-0.25, -0.2) is 9.59 Å². The maximum atomic E-state index is 13.3. The Bertz CT molecular complexity index is 1630. The van der Waals surface area contributed by atoms with Crippen LogP contribution in [0, 0.1) is 31.6 Å². The number of unbranched alkanes of at least 4 members (excludes halogenated alkanes) is 1. The van der Waals surface area contributed by atoms with Crippen molar-refractivity contribution in [3.63, 3.8) is 0 Å². The average molecular weight is 668 g/mol.